The number of carbonyl (C=O) groups excluding carboxylic acids is 2. The lowest BCUT2D eigenvalue weighted by molar-refractivity contribution is -0.142. The first-order valence-corrected chi connectivity index (χ1v) is 7.48. The smallest absolute Gasteiger partial charge is 0.326 e. The number of carboxylic acid groups (broad SMARTS) is 1. The molecule has 2 aliphatic rings. The molecule has 3 unspecified atom stereocenters. The van der Waals surface area contributed by atoms with Gasteiger partial charge in [-0.1, -0.05) is 6.92 Å². The fourth-order valence-electron chi connectivity index (χ4n) is 3.25. The van der Waals surface area contributed by atoms with E-state index in [2.05, 4.69) is 5.32 Å². The first kappa shape index (κ1) is 15.6. The molecule has 0 bridgehead atoms. The van der Waals surface area contributed by atoms with Crippen molar-refractivity contribution in [2.75, 3.05) is 20.1 Å². The predicted octanol–water partition coefficient (Wildman–Crippen LogP) is 0.502. The summed E-state index contributed by atoms with van der Waals surface area (Å²) in [5.74, 6) is -0.614. The second-order valence-electron chi connectivity index (χ2n) is 5.86. The van der Waals surface area contributed by atoms with Gasteiger partial charge >= 0.3 is 12.0 Å². The van der Waals surface area contributed by atoms with Crippen LogP contribution in [0.15, 0.2) is 0 Å². The topological polar surface area (TPSA) is 89.9 Å². The van der Waals surface area contributed by atoms with Crippen LogP contribution in [0.3, 0.4) is 0 Å². The van der Waals surface area contributed by atoms with E-state index in [4.69, 9.17) is 5.11 Å². The second-order valence-corrected chi connectivity index (χ2v) is 5.86. The Morgan fingerprint density at radius 3 is 2.81 bits per heavy atom. The van der Waals surface area contributed by atoms with Gasteiger partial charge in [-0.15, -0.1) is 0 Å². The van der Waals surface area contributed by atoms with E-state index in [9.17, 15) is 14.4 Å². The minimum Gasteiger partial charge on any atom is -0.480 e. The minimum absolute atomic E-state index is 0.0880. The first-order chi connectivity index (χ1) is 9.93. The summed E-state index contributed by atoms with van der Waals surface area (Å²) >= 11 is 0. The van der Waals surface area contributed by atoms with Gasteiger partial charge < -0.3 is 20.2 Å². The molecule has 118 valence electrons. The molecule has 0 aliphatic carbocycles. The third kappa shape index (κ3) is 3.28. The van der Waals surface area contributed by atoms with Gasteiger partial charge in [0.25, 0.3) is 0 Å². The molecule has 2 aliphatic heterocycles. The van der Waals surface area contributed by atoms with E-state index in [-0.39, 0.29) is 23.9 Å². The van der Waals surface area contributed by atoms with Crippen molar-refractivity contribution >= 4 is 17.9 Å². The molecule has 3 atom stereocenters. The van der Waals surface area contributed by atoms with Crippen LogP contribution in [0.25, 0.3) is 0 Å². The first-order valence-electron chi connectivity index (χ1n) is 7.48. The molecule has 0 aromatic heterocycles. The van der Waals surface area contributed by atoms with Crippen LogP contribution in [-0.4, -0.2) is 65.0 Å². The van der Waals surface area contributed by atoms with Crippen molar-refractivity contribution in [3.63, 3.8) is 0 Å². The van der Waals surface area contributed by atoms with E-state index in [1.807, 2.05) is 0 Å². The molecule has 2 rings (SSSR count). The largest absolute Gasteiger partial charge is 0.480 e. The van der Waals surface area contributed by atoms with Gasteiger partial charge in [0.15, 0.2) is 0 Å². The Morgan fingerprint density at radius 2 is 2.19 bits per heavy atom. The molecule has 0 aromatic carbocycles. The number of piperidine rings is 2. The summed E-state index contributed by atoms with van der Waals surface area (Å²) in [6.07, 6.45) is 2.42. The van der Waals surface area contributed by atoms with Crippen LogP contribution >= 0.6 is 0 Å². The number of hydrogen-bond acceptors (Lipinski definition) is 3. The number of nitrogens with zero attached hydrogens (tertiary/aromatic N) is 2. The summed E-state index contributed by atoms with van der Waals surface area (Å²) < 4.78 is 0. The maximum atomic E-state index is 12.4. The van der Waals surface area contributed by atoms with E-state index in [0.29, 0.717) is 25.9 Å². The maximum Gasteiger partial charge on any atom is 0.326 e. The van der Waals surface area contributed by atoms with Crippen molar-refractivity contribution < 1.29 is 19.5 Å². The number of rotatable bonds is 3. The standard InChI is InChI=1S/C14H23N3O4/c1-3-11(13(19)20)16(2)14(21)17-7-6-10-9(8-17)4-5-12(18)15-10/h9-11H,3-8H2,1-2H3,(H,15,18)(H,19,20). The molecule has 0 aromatic rings. The lowest BCUT2D eigenvalue weighted by atomic mass is 9.85. The van der Waals surface area contributed by atoms with Crippen LogP contribution in [0.1, 0.15) is 32.6 Å². The summed E-state index contributed by atoms with van der Waals surface area (Å²) in [7, 11) is 1.54. The average Bonchev–Trinajstić information content (AvgIpc) is 2.46. The van der Waals surface area contributed by atoms with Crippen molar-refractivity contribution in [3.8, 4) is 0 Å². The molecule has 7 nitrogen and oxygen atoms in total. The lowest BCUT2D eigenvalue weighted by Gasteiger charge is -2.42. The number of hydrogen-bond donors (Lipinski definition) is 2. The van der Waals surface area contributed by atoms with E-state index in [0.717, 1.165) is 12.8 Å². The molecule has 0 radical (unpaired) electrons. The number of carboxylic acids is 1. The van der Waals surface area contributed by atoms with Crippen LogP contribution in [0.2, 0.25) is 0 Å². The van der Waals surface area contributed by atoms with Gasteiger partial charge in [0.2, 0.25) is 5.91 Å². The number of carbonyl (C=O) groups is 3. The van der Waals surface area contributed by atoms with Crippen LogP contribution in [0.5, 0.6) is 0 Å². The number of likely N-dealkylation sites (tertiary alicyclic amines) is 1. The van der Waals surface area contributed by atoms with Crippen LogP contribution < -0.4 is 5.32 Å². The summed E-state index contributed by atoms with van der Waals surface area (Å²) in [5, 5.41) is 12.1. The number of amides is 3. The van der Waals surface area contributed by atoms with Gasteiger partial charge in [-0.05, 0) is 25.2 Å². The van der Waals surface area contributed by atoms with Crippen molar-refractivity contribution in [3.05, 3.63) is 0 Å². The van der Waals surface area contributed by atoms with Crippen LogP contribution in [-0.2, 0) is 9.59 Å². The van der Waals surface area contributed by atoms with Crippen molar-refractivity contribution in [2.24, 2.45) is 5.92 Å². The highest BCUT2D eigenvalue weighted by molar-refractivity contribution is 5.82. The molecule has 2 N–H and O–H groups in total. The van der Waals surface area contributed by atoms with Gasteiger partial charge in [-0.3, -0.25) is 4.79 Å². The quantitative estimate of drug-likeness (QED) is 0.794. The Morgan fingerprint density at radius 1 is 1.48 bits per heavy atom. The second kappa shape index (κ2) is 6.32. The van der Waals surface area contributed by atoms with Crippen LogP contribution in [0.4, 0.5) is 4.79 Å². The fourth-order valence-corrected chi connectivity index (χ4v) is 3.25. The molecule has 0 saturated carbocycles. The van der Waals surface area contributed by atoms with Gasteiger partial charge in [-0.25, -0.2) is 9.59 Å². The molecule has 7 heteroatoms. The van der Waals surface area contributed by atoms with Gasteiger partial charge in [-0.2, -0.15) is 0 Å². The highest BCUT2D eigenvalue weighted by Gasteiger charge is 2.37. The van der Waals surface area contributed by atoms with E-state index < -0.39 is 12.0 Å². The fraction of sp³-hybridized carbons (Fsp3) is 0.786. The molecule has 2 heterocycles. The zero-order valence-corrected chi connectivity index (χ0v) is 12.5. The minimum atomic E-state index is -0.979. The third-order valence-electron chi connectivity index (χ3n) is 4.53. The van der Waals surface area contributed by atoms with Crippen molar-refractivity contribution in [1.82, 2.24) is 15.1 Å². The monoisotopic (exact) mass is 297 g/mol. The van der Waals surface area contributed by atoms with Gasteiger partial charge in [0.1, 0.15) is 6.04 Å². The summed E-state index contributed by atoms with van der Waals surface area (Å²) in [5.41, 5.74) is 0. The Balaban J connectivity index is 1.98. The average molecular weight is 297 g/mol. The van der Waals surface area contributed by atoms with Gasteiger partial charge in [0, 0.05) is 32.6 Å². The highest BCUT2D eigenvalue weighted by Crippen LogP contribution is 2.26. The maximum absolute atomic E-state index is 12.4. The molecule has 0 spiro atoms. The van der Waals surface area contributed by atoms with Crippen LogP contribution in [0, 0.1) is 5.92 Å². The number of nitrogens with one attached hydrogen (secondary N) is 1. The third-order valence-corrected chi connectivity index (χ3v) is 4.53. The SMILES string of the molecule is CCC(C(=O)O)N(C)C(=O)N1CCC2NC(=O)CCC2C1. The Kier molecular flexibility index (Phi) is 4.69. The number of urea groups is 1. The molecule has 3 amide bonds. The Labute approximate surface area is 124 Å². The summed E-state index contributed by atoms with van der Waals surface area (Å²) in [6, 6.07) is -0.872. The summed E-state index contributed by atoms with van der Waals surface area (Å²) in [6.45, 7) is 2.90. The van der Waals surface area contributed by atoms with Gasteiger partial charge in [0.05, 0.1) is 0 Å². The van der Waals surface area contributed by atoms with E-state index in [1.54, 1.807) is 18.9 Å². The number of fused-ring (bicyclic) bond motifs is 1. The van der Waals surface area contributed by atoms with E-state index >= 15 is 0 Å². The lowest BCUT2D eigenvalue weighted by Crippen LogP contribution is -2.58. The Hall–Kier alpha value is -1.79. The molecular formula is C14H23N3O4. The van der Waals surface area contributed by atoms with Crippen molar-refractivity contribution in [2.45, 2.75) is 44.7 Å². The molecule has 21 heavy (non-hydrogen) atoms. The molecule has 2 saturated heterocycles. The Bertz CT molecular complexity index is 440. The highest BCUT2D eigenvalue weighted by atomic mass is 16.4. The molecular weight excluding hydrogens is 274 g/mol. The number of likely N-dealkylation sites (N-methyl/N-ethyl adjacent to an activating group) is 1. The summed E-state index contributed by atoms with van der Waals surface area (Å²) in [4.78, 5) is 38.0. The normalized spacial score (nSPS) is 26.6. The molecule has 2 fully saturated rings. The van der Waals surface area contributed by atoms with E-state index in [1.165, 1.54) is 4.90 Å². The zero-order chi connectivity index (χ0) is 15.6. The number of aliphatic carboxylic acids is 1. The predicted molar refractivity (Wildman–Crippen MR) is 75.7 cm³/mol. The van der Waals surface area contributed by atoms with Crippen molar-refractivity contribution in [1.29, 1.82) is 0 Å². The zero-order valence-electron chi connectivity index (χ0n) is 12.5.